The molecule has 2 N–H and O–H groups in total. The van der Waals surface area contributed by atoms with Crippen molar-refractivity contribution in [1.82, 2.24) is 5.32 Å². The number of rotatable bonds is 6. The highest BCUT2D eigenvalue weighted by molar-refractivity contribution is 5.89. The molecule has 0 saturated heterocycles. The summed E-state index contributed by atoms with van der Waals surface area (Å²) in [6.45, 7) is 4.16. The van der Waals surface area contributed by atoms with Crippen molar-refractivity contribution in [2.24, 2.45) is 0 Å². The van der Waals surface area contributed by atoms with Crippen molar-refractivity contribution >= 4 is 11.7 Å². The van der Waals surface area contributed by atoms with E-state index in [4.69, 9.17) is 0 Å². The molecule has 1 rings (SSSR count). The second-order valence-corrected chi connectivity index (χ2v) is 4.35. The molecule has 0 aliphatic heterocycles. The lowest BCUT2D eigenvalue weighted by Gasteiger charge is -2.17. The van der Waals surface area contributed by atoms with E-state index in [1.54, 1.807) is 18.2 Å². The van der Waals surface area contributed by atoms with E-state index in [9.17, 15) is 9.18 Å². The quantitative estimate of drug-likeness (QED) is 0.791. The third-order valence-electron chi connectivity index (χ3n) is 2.73. The van der Waals surface area contributed by atoms with E-state index in [1.807, 2.05) is 0 Å². The molecule has 100 valence electrons. The first-order valence-corrected chi connectivity index (χ1v) is 6.49. The van der Waals surface area contributed by atoms with Crippen LogP contribution in [0.4, 0.5) is 14.9 Å². The van der Waals surface area contributed by atoms with Crippen LogP contribution in [0.2, 0.25) is 0 Å². The number of carbonyl (C=O) groups excluding carboxylic acids is 1. The SMILES string of the molecule is CCCC(CCC)NC(=O)Nc1ccccc1F. The monoisotopic (exact) mass is 252 g/mol. The van der Waals surface area contributed by atoms with Crippen LogP contribution in [0.15, 0.2) is 24.3 Å². The Morgan fingerprint density at radius 1 is 1.22 bits per heavy atom. The highest BCUT2D eigenvalue weighted by Crippen LogP contribution is 2.12. The number of hydrogen-bond acceptors (Lipinski definition) is 1. The van der Waals surface area contributed by atoms with Crippen molar-refractivity contribution in [3.8, 4) is 0 Å². The smallest absolute Gasteiger partial charge is 0.319 e. The second-order valence-electron chi connectivity index (χ2n) is 4.35. The first kappa shape index (κ1) is 14.5. The third-order valence-corrected chi connectivity index (χ3v) is 2.73. The van der Waals surface area contributed by atoms with E-state index < -0.39 is 5.82 Å². The van der Waals surface area contributed by atoms with E-state index in [-0.39, 0.29) is 17.8 Å². The number of nitrogens with one attached hydrogen (secondary N) is 2. The maximum Gasteiger partial charge on any atom is 0.319 e. The van der Waals surface area contributed by atoms with Gasteiger partial charge in [0, 0.05) is 6.04 Å². The second kappa shape index (κ2) is 7.69. The molecule has 0 fully saturated rings. The molecule has 0 aliphatic carbocycles. The zero-order valence-corrected chi connectivity index (χ0v) is 11.0. The van der Waals surface area contributed by atoms with Crippen molar-refractivity contribution in [3.63, 3.8) is 0 Å². The Bertz CT molecular complexity index is 376. The summed E-state index contributed by atoms with van der Waals surface area (Å²) in [5.41, 5.74) is 0.210. The third kappa shape index (κ3) is 4.73. The summed E-state index contributed by atoms with van der Waals surface area (Å²) in [6.07, 6.45) is 3.92. The lowest BCUT2D eigenvalue weighted by Crippen LogP contribution is -2.38. The van der Waals surface area contributed by atoms with Crippen LogP contribution in [0.1, 0.15) is 39.5 Å². The fraction of sp³-hybridized carbons (Fsp3) is 0.500. The Kier molecular flexibility index (Phi) is 6.19. The Morgan fingerprint density at radius 2 is 1.83 bits per heavy atom. The Balaban J connectivity index is 2.52. The number of carbonyl (C=O) groups is 1. The summed E-state index contributed by atoms with van der Waals surface area (Å²) in [7, 11) is 0. The van der Waals surface area contributed by atoms with Crippen molar-refractivity contribution in [2.75, 3.05) is 5.32 Å². The summed E-state index contributed by atoms with van der Waals surface area (Å²) >= 11 is 0. The molecular formula is C14H21FN2O. The molecule has 0 heterocycles. The van der Waals surface area contributed by atoms with Gasteiger partial charge in [-0.25, -0.2) is 9.18 Å². The highest BCUT2D eigenvalue weighted by Gasteiger charge is 2.11. The molecule has 0 aliphatic rings. The number of anilines is 1. The number of benzene rings is 1. The van der Waals surface area contributed by atoms with Gasteiger partial charge in [0.2, 0.25) is 0 Å². The molecular weight excluding hydrogens is 231 g/mol. The molecule has 0 bridgehead atoms. The highest BCUT2D eigenvalue weighted by atomic mass is 19.1. The first-order chi connectivity index (χ1) is 8.67. The van der Waals surface area contributed by atoms with Crippen molar-refractivity contribution in [1.29, 1.82) is 0 Å². The van der Waals surface area contributed by atoms with E-state index in [0.717, 1.165) is 25.7 Å². The first-order valence-electron chi connectivity index (χ1n) is 6.49. The van der Waals surface area contributed by atoms with Gasteiger partial charge < -0.3 is 10.6 Å². The Labute approximate surface area is 108 Å². The summed E-state index contributed by atoms with van der Waals surface area (Å²) in [5, 5.41) is 5.41. The van der Waals surface area contributed by atoms with Gasteiger partial charge >= 0.3 is 6.03 Å². The standard InChI is InChI=1S/C14H21FN2O/c1-3-7-11(8-4-2)16-14(18)17-13-10-6-5-9-12(13)15/h5-6,9-11H,3-4,7-8H2,1-2H3,(H2,16,17,18). The van der Waals surface area contributed by atoms with E-state index in [0.29, 0.717) is 0 Å². The van der Waals surface area contributed by atoms with Crippen LogP contribution < -0.4 is 10.6 Å². The fourth-order valence-corrected chi connectivity index (χ4v) is 1.89. The fourth-order valence-electron chi connectivity index (χ4n) is 1.89. The average Bonchev–Trinajstić information content (AvgIpc) is 2.33. The van der Waals surface area contributed by atoms with Gasteiger partial charge in [0.15, 0.2) is 0 Å². The summed E-state index contributed by atoms with van der Waals surface area (Å²) < 4.78 is 13.3. The Morgan fingerprint density at radius 3 is 2.39 bits per heavy atom. The minimum atomic E-state index is -0.421. The van der Waals surface area contributed by atoms with Crippen LogP contribution in [0.5, 0.6) is 0 Å². The molecule has 18 heavy (non-hydrogen) atoms. The van der Waals surface area contributed by atoms with Gasteiger partial charge in [-0.3, -0.25) is 0 Å². The van der Waals surface area contributed by atoms with Gasteiger partial charge in [0.1, 0.15) is 5.82 Å². The topological polar surface area (TPSA) is 41.1 Å². The van der Waals surface area contributed by atoms with Crippen LogP contribution in [0.25, 0.3) is 0 Å². The van der Waals surface area contributed by atoms with Crippen molar-refractivity contribution in [3.05, 3.63) is 30.1 Å². The molecule has 0 saturated carbocycles. The predicted molar refractivity (Wildman–Crippen MR) is 72.2 cm³/mol. The molecule has 2 amide bonds. The van der Waals surface area contributed by atoms with E-state index >= 15 is 0 Å². The molecule has 1 aromatic rings. The van der Waals surface area contributed by atoms with Crippen LogP contribution in [-0.2, 0) is 0 Å². The van der Waals surface area contributed by atoms with Crippen LogP contribution in [0.3, 0.4) is 0 Å². The van der Waals surface area contributed by atoms with Gasteiger partial charge in [0.25, 0.3) is 0 Å². The summed E-state index contributed by atoms with van der Waals surface area (Å²) in [4.78, 5) is 11.7. The van der Waals surface area contributed by atoms with Gasteiger partial charge in [0.05, 0.1) is 5.69 Å². The zero-order valence-electron chi connectivity index (χ0n) is 11.0. The number of urea groups is 1. The minimum Gasteiger partial charge on any atom is -0.335 e. The maximum atomic E-state index is 13.3. The number of halogens is 1. The summed E-state index contributed by atoms with van der Waals surface area (Å²) in [5.74, 6) is -0.421. The number of amides is 2. The van der Waals surface area contributed by atoms with Gasteiger partial charge in [-0.2, -0.15) is 0 Å². The van der Waals surface area contributed by atoms with Crippen molar-refractivity contribution in [2.45, 2.75) is 45.6 Å². The van der Waals surface area contributed by atoms with Crippen LogP contribution >= 0.6 is 0 Å². The normalized spacial score (nSPS) is 10.4. The molecule has 0 unspecified atom stereocenters. The Hall–Kier alpha value is -1.58. The number of para-hydroxylation sites is 1. The molecule has 0 radical (unpaired) electrons. The van der Waals surface area contributed by atoms with Crippen LogP contribution in [0, 0.1) is 5.82 Å². The zero-order chi connectivity index (χ0) is 13.4. The molecule has 0 aromatic heterocycles. The molecule has 4 heteroatoms. The lowest BCUT2D eigenvalue weighted by molar-refractivity contribution is 0.246. The maximum absolute atomic E-state index is 13.3. The van der Waals surface area contributed by atoms with Gasteiger partial charge in [-0.15, -0.1) is 0 Å². The molecule has 3 nitrogen and oxygen atoms in total. The van der Waals surface area contributed by atoms with Gasteiger partial charge in [-0.05, 0) is 25.0 Å². The lowest BCUT2D eigenvalue weighted by atomic mass is 10.1. The predicted octanol–water partition coefficient (Wildman–Crippen LogP) is 3.92. The largest absolute Gasteiger partial charge is 0.335 e. The van der Waals surface area contributed by atoms with Crippen molar-refractivity contribution < 1.29 is 9.18 Å². The molecule has 0 atom stereocenters. The molecule has 0 spiro atoms. The summed E-state index contributed by atoms with van der Waals surface area (Å²) in [6, 6.07) is 5.97. The minimum absolute atomic E-state index is 0.159. The van der Waals surface area contributed by atoms with E-state index in [1.165, 1.54) is 6.07 Å². The average molecular weight is 252 g/mol. The van der Waals surface area contributed by atoms with Crippen LogP contribution in [-0.4, -0.2) is 12.1 Å². The van der Waals surface area contributed by atoms with E-state index in [2.05, 4.69) is 24.5 Å². The molecule has 1 aromatic carbocycles. The number of hydrogen-bond donors (Lipinski definition) is 2. The van der Waals surface area contributed by atoms with Gasteiger partial charge in [-0.1, -0.05) is 38.8 Å².